The van der Waals surface area contributed by atoms with Crippen LogP contribution in [0.4, 0.5) is 13.2 Å². The molecule has 0 bridgehead atoms. The lowest BCUT2D eigenvalue weighted by Crippen LogP contribution is -2.15. The summed E-state index contributed by atoms with van der Waals surface area (Å²) in [5.41, 5.74) is -1.00. The van der Waals surface area contributed by atoms with Crippen LogP contribution in [0.5, 0.6) is 40.2 Å². The molecule has 12 heteroatoms. The Morgan fingerprint density at radius 2 is 1.39 bits per heavy atom. The zero-order valence-corrected chi connectivity index (χ0v) is 22.2. The van der Waals surface area contributed by atoms with Gasteiger partial charge in [0.15, 0.2) is 11.5 Å². The van der Waals surface area contributed by atoms with Gasteiger partial charge in [0.05, 0.1) is 33.8 Å². The minimum Gasteiger partial charge on any atom is -0.497 e. The van der Waals surface area contributed by atoms with Crippen molar-refractivity contribution in [3.8, 4) is 40.2 Å². The molecule has 4 rings (SSSR count). The van der Waals surface area contributed by atoms with E-state index in [4.69, 9.17) is 32.8 Å². The number of hydrogen-bond acceptors (Lipinski definition) is 9. The Kier molecular flexibility index (Phi) is 8.41. The number of halogens is 3. The number of fused-ring (bicyclic) bond motifs is 1. The zero-order chi connectivity index (χ0) is 29.7. The first kappa shape index (κ1) is 28.9. The number of carbonyl (C=O) groups is 1. The van der Waals surface area contributed by atoms with Crippen LogP contribution in [0.2, 0.25) is 0 Å². The molecule has 0 unspecified atom stereocenters. The summed E-state index contributed by atoms with van der Waals surface area (Å²) in [5, 5.41) is -0.214. The molecule has 0 aliphatic rings. The Bertz CT molecular complexity index is 1630. The number of methoxy groups -OCH3 is 4. The fraction of sp³-hybridized carbons (Fsp3) is 0.172. The van der Waals surface area contributed by atoms with E-state index >= 15 is 0 Å². The molecule has 3 aromatic carbocycles. The molecule has 0 N–H and O–H groups in total. The van der Waals surface area contributed by atoms with E-state index < -0.39 is 34.7 Å². The summed E-state index contributed by atoms with van der Waals surface area (Å²) in [6.07, 6.45) is -2.56. The Morgan fingerprint density at radius 3 is 1.95 bits per heavy atom. The first-order chi connectivity index (χ1) is 19.6. The summed E-state index contributed by atoms with van der Waals surface area (Å²) in [4.78, 5) is 25.5. The number of ether oxygens (including phenoxy) is 6. The van der Waals surface area contributed by atoms with Gasteiger partial charge in [-0.15, -0.1) is 0 Å². The third kappa shape index (κ3) is 6.38. The van der Waals surface area contributed by atoms with Gasteiger partial charge in [-0.25, -0.2) is 4.79 Å². The molecule has 0 aliphatic heterocycles. The normalized spacial score (nSPS) is 11.4. The van der Waals surface area contributed by atoms with Crippen LogP contribution < -0.4 is 33.8 Å². The van der Waals surface area contributed by atoms with Crippen molar-refractivity contribution in [2.45, 2.75) is 6.18 Å². The summed E-state index contributed by atoms with van der Waals surface area (Å²) < 4.78 is 77.9. The molecule has 0 aliphatic carbocycles. The first-order valence-corrected chi connectivity index (χ1v) is 11.8. The maximum atomic E-state index is 13.9. The lowest BCUT2D eigenvalue weighted by atomic mass is 10.1. The topological polar surface area (TPSA) is 103 Å². The molecule has 214 valence electrons. The van der Waals surface area contributed by atoms with Crippen LogP contribution in [0.25, 0.3) is 17.0 Å². The summed E-state index contributed by atoms with van der Waals surface area (Å²) in [5.74, 6) is -2.19. The second-order valence-corrected chi connectivity index (χ2v) is 8.24. The maximum absolute atomic E-state index is 13.9. The predicted octanol–water partition coefficient (Wildman–Crippen LogP) is 6.26. The van der Waals surface area contributed by atoms with E-state index in [0.717, 1.165) is 12.1 Å². The Morgan fingerprint density at radius 1 is 0.780 bits per heavy atom. The fourth-order valence-electron chi connectivity index (χ4n) is 3.77. The number of esters is 1. The SMILES string of the molecule is COc1ccc(Oc2c(C(F)(F)F)oc3cc(OC(=O)/C=C/c4cc(OC)c(OC)c(OC)c4)ccc3c2=O)cc1. The van der Waals surface area contributed by atoms with E-state index in [0.29, 0.717) is 28.6 Å². The van der Waals surface area contributed by atoms with Crippen molar-refractivity contribution in [3.05, 3.63) is 82.2 Å². The van der Waals surface area contributed by atoms with Gasteiger partial charge in [-0.1, -0.05) is 0 Å². The van der Waals surface area contributed by atoms with Gasteiger partial charge >= 0.3 is 12.1 Å². The van der Waals surface area contributed by atoms with E-state index in [1.165, 1.54) is 70.9 Å². The molecular weight excluding hydrogens is 549 g/mol. The average molecular weight is 572 g/mol. The number of alkyl halides is 3. The molecule has 0 atom stereocenters. The molecule has 0 spiro atoms. The minimum atomic E-state index is -5.06. The number of hydrogen-bond donors (Lipinski definition) is 0. The van der Waals surface area contributed by atoms with Crippen LogP contribution >= 0.6 is 0 Å². The second-order valence-electron chi connectivity index (χ2n) is 8.24. The van der Waals surface area contributed by atoms with Crippen molar-refractivity contribution in [1.82, 2.24) is 0 Å². The Balaban J connectivity index is 1.62. The van der Waals surface area contributed by atoms with Gasteiger partial charge < -0.3 is 32.8 Å². The average Bonchev–Trinajstić information content (AvgIpc) is 2.96. The van der Waals surface area contributed by atoms with Gasteiger partial charge in [0.1, 0.15) is 22.8 Å². The van der Waals surface area contributed by atoms with Crippen molar-refractivity contribution in [3.63, 3.8) is 0 Å². The highest BCUT2D eigenvalue weighted by molar-refractivity contribution is 5.90. The van der Waals surface area contributed by atoms with E-state index in [1.807, 2.05) is 0 Å². The highest BCUT2D eigenvalue weighted by atomic mass is 19.4. The fourth-order valence-corrected chi connectivity index (χ4v) is 3.77. The molecule has 0 amide bonds. The third-order valence-electron chi connectivity index (χ3n) is 5.68. The highest BCUT2D eigenvalue weighted by Gasteiger charge is 2.40. The standard InChI is InChI=1S/C29H23F3O9/c1-35-17-6-8-18(9-7-17)40-27-25(34)20-11-10-19(15-21(20)41-28(27)29(30,31)32)39-24(33)12-5-16-13-22(36-2)26(38-4)23(14-16)37-3/h5-15H,1-4H3/b12-5+. The van der Waals surface area contributed by atoms with Crippen LogP contribution in [0.3, 0.4) is 0 Å². The summed E-state index contributed by atoms with van der Waals surface area (Å²) >= 11 is 0. The van der Waals surface area contributed by atoms with Gasteiger partial charge in [0.25, 0.3) is 5.76 Å². The number of benzene rings is 3. The lowest BCUT2D eigenvalue weighted by Gasteiger charge is -2.14. The second kappa shape index (κ2) is 11.9. The zero-order valence-electron chi connectivity index (χ0n) is 22.2. The Labute approximate surface area is 231 Å². The molecule has 0 fully saturated rings. The van der Waals surface area contributed by atoms with Crippen LogP contribution in [0, 0.1) is 0 Å². The molecule has 0 saturated heterocycles. The molecule has 9 nitrogen and oxygen atoms in total. The van der Waals surface area contributed by atoms with Crippen molar-refractivity contribution < 1.29 is 50.8 Å². The first-order valence-electron chi connectivity index (χ1n) is 11.8. The molecule has 1 heterocycles. The van der Waals surface area contributed by atoms with Gasteiger partial charge in [0.2, 0.25) is 16.9 Å². The van der Waals surface area contributed by atoms with Gasteiger partial charge in [-0.2, -0.15) is 13.2 Å². The van der Waals surface area contributed by atoms with E-state index in [1.54, 1.807) is 12.1 Å². The van der Waals surface area contributed by atoms with Crippen molar-refractivity contribution in [2.75, 3.05) is 28.4 Å². The largest absolute Gasteiger partial charge is 0.497 e. The molecule has 1 aromatic heterocycles. The lowest BCUT2D eigenvalue weighted by molar-refractivity contribution is -0.154. The summed E-state index contributed by atoms with van der Waals surface area (Å²) in [6.45, 7) is 0. The maximum Gasteiger partial charge on any atom is 0.453 e. The molecule has 0 saturated carbocycles. The third-order valence-corrected chi connectivity index (χ3v) is 5.68. The highest BCUT2D eigenvalue weighted by Crippen LogP contribution is 2.40. The smallest absolute Gasteiger partial charge is 0.453 e. The van der Waals surface area contributed by atoms with Crippen LogP contribution in [-0.2, 0) is 11.0 Å². The quantitative estimate of drug-likeness (QED) is 0.131. The monoisotopic (exact) mass is 572 g/mol. The Hall–Kier alpha value is -5.13. The summed E-state index contributed by atoms with van der Waals surface area (Å²) in [6, 6.07) is 12.2. The van der Waals surface area contributed by atoms with E-state index in [9.17, 15) is 22.8 Å². The predicted molar refractivity (Wildman–Crippen MR) is 141 cm³/mol. The van der Waals surface area contributed by atoms with Crippen LogP contribution in [0.15, 0.2) is 69.9 Å². The summed E-state index contributed by atoms with van der Waals surface area (Å²) in [7, 11) is 5.75. The van der Waals surface area contributed by atoms with Gasteiger partial charge in [-0.05, 0) is 60.2 Å². The van der Waals surface area contributed by atoms with Crippen molar-refractivity contribution >= 4 is 23.0 Å². The molecular formula is C29H23F3O9. The van der Waals surface area contributed by atoms with E-state index in [2.05, 4.69) is 0 Å². The minimum absolute atomic E-state index is 0.0348. The molecule has 0 radical (unpaired) electrons. The van der Waals surface area contributed by atoms with Crippen LogP contribution in [-0.4, -0.2) is 34.4 Å². The molecule has 41 heavy (non-hydrogen) atoms. The number of carbonyl (C=O) groups excluding carboxylic acids is 1. The molecule has 4 aromatic rings. The van der Waals surface area contributed by atoms with Crippen molar-refractivity contribution in [2.24, 2.45) is 0 Å². The van der Waals surface area contributed by atoms with Crippen molar-refractivity contribution in [1.29, 1.82) is 0 Å². The number of rotatable bonds is 9. The van der Waals surface area contributed by atoms with E-state index in [-0.39, 0.29) is 16.9 Å². The van der Waals surface area contributed by atoms with Crippen LogP contribution in [0.1, 0.15) is 11.3 Å². The van der Waals surface area contributed by atoms with Gasteiger partial charge in [0, 0.05) is 12.1 Å². The van der Waals surface area contributed by atoms with Gasteiger partial charge in [-0.3, -0.25) is 4.79 Å².